The molecule has 11 heteroatoms. The topological polar surface area (TPSA) is 138 Å². The van der Waals surface area contributed by atoms with Crippen LogP contribution in [0.5, 0.6) is 5.88 Å². The highest BCUT2D eigenvalue weighted by atomic mass is 16.5. The minimum Gasteiger partial charge on any atom is -0.474 e. The van der Waals surface area contributed by atoms with Crippen LogP contribution in [-0.2, 0) is 14.3 Å². The van der Waals surface area contributed by atoms with E-state index in [2.05, 4.69) is 50.3 Å². The second kappa shape index (κ2) is 25.1. The predicted molar refractivity (Wildman–Crippen MR) is 184 cm³/mol. The average Bonchev–Trinajstić information content (AvgIpc) is 3.02. The molecule has 1 aliphatic heterocycles. The first-order valence-electron chi connectivity index (χ1n) is 13.8. The van der Waals surface area contributed by atoms with Crippen LogP contribution in [-0.4, -0.2) is 88.1 Å². The van der Waals surface area contributed by atoms with Gasteiger partial charge in [0.15, 0.2) is 0 Å². The number of aliphatic imine (C=N–C) groups is 3. The van der Waals surface area contributed by atoms with Gasteiger partial charge in [-0.05, 0) is 57.9 Å². The zero-order valence-electron chi connectivity index (χ0n) is 27.5. The Labute approximate surface area is 263 Å². The molecule has 0 aromatic carbocycles. The molecule has 0 aliphatic carbocycles. The standard InChI is InChI=1S/C26H32N6O2.C5H12O.CH4O.CH2O/c1-6-10-21(23-19-30-25-24(20(23)4)32(5)15-17-34-25)11-14-29-26(28-12-7-2)31-22(8-3)18-27-13-9-16-33;1-5(2,3)6-4;2*1-2/h6-8,10-11,13-14,16,18-19H,2-3,9,12,15,17H2,1,4-5H3,(H,28,31);1-4H3;2H,1H3;1H2/b10-6-,21-11+,22-18+,27-13?,29-14+;;;. The first kappa shape index (κ1) is 41.7. The number of anilines is 1. The third-order valence-electron chi connectivity index (χ3n) is 5.41. The highest BCUT2D eigenvalue weighted by Gasteiger charge is 2.21. The number of hydrogen-bond donors (Lipinski definition) is 2. The molecule has 0 saturated heterocycles. The van der Waals surface area contributed by atoms with Crippen molar-refractivity contribution in [3.63, 3.8) is 0 Å². The van der Waals surface area contributed by atoms with Gasteiger partial charge in [0.1, 0.15) is 25.4 Å². The molecule has 2 rings (SSSR count). The Bertz CT molecular complexity index is 1190. The molecule has 242 valence electrons. The molecule has 2 N–H and O–H groups in total. The third kappa shape index (κ3) is 16.8. The molecule has 1 aromatic rings. The molecule has 2 heterocycles. The zero-order chi connectivity index (χ0) is 34.0. The number of aldehydes is 1. The fourth-order valence-electron chi connectivity index (χ4n) is 3.17. The summed E-state index contributed by atoms with van der Waals surface area (Å²) in [6.45, 7) is 21.4. The first-order chi connectivity index (χ1) is 21.1. The third-order valence-corrected chi connectivity index (χ3v) is 5.41. The Balaban J connectivity index is 0. The van der Waals surface area contributed by atoms with Crippen LogP contribution in [0, 0.1) is 6.92 Å². The van der Waals surface area contributed by atoms with Crippen LogP contribution in [0.1, 0.15) is 45.2 Å². The maximum Gasteiger partial charge on any atom is 0.237 e. The number of nitrogens with one attached hydrogen (secondary N) is 1. The number of guanidine groups is 1. The highest BCUT2D eigenvalue weighted by Crippen LogP contribution is 2.36. The molecule has 44 heavy (non-hydrogen) atoms. The Morgan fingerprint density at radius 1 is 1.27 bits per heavy atom. The number of aromatic nitrogens is 1. The van der Waals surface area contributed by atoms with E-state index < -0.39 is 0 Å². The van der Waals surface area contributed by atoms with Gasteiger partial charge in [0.05, 0.1) is 24.4 Å². The monoisotopic (exact) mass is 610 g/mol. The van der Waals surface area contributed by atoms with Gasteiger partial charge < -0.3 is 34.4 Å². The quantitative estimate of drug-likeness (QED) is 0.125. The van der Waals surface area contributed by atoms with Crippen molar-refractivity contribution in [3.05, 3.63) is 72.8 Å². The van der Waals surface area contributed by atoms with E-state index in [1.807, 2.05) is 66.0 Å². The number of allylic oxidation sites excluding steroid dienone is 5. The molecule has 0 atom stereocenters. The van der Waals surface area contributed by atoms with Gasteiger partial charge in [-0.3, -0.25) is 4.99 Å². The van der Waals surface area contributed by atoms with E-state index in [1.165, 1.54) is 6.21 Å². The van der Waals surface area contributed by atoms with E-state index in [0.29, 0.717) is 30.7 Å². The summed E-state index contributed by atoms with van der Waals surface area (Å²) in [5.41, 5.74) is 4.68. The van der Waals surface area contributed by atoms with Crippen molar-refractivity contribution in [2.75, 3.05) is 45.9 Å². The lowest BCUT2D eigenvalue weighted by atomic mass is 10.00. The number of nitrogens with zero attached hydrogens (tertiary/aromatic N) is 5. The van der Waals surface area contributed by atoms with Gasteiger partial charge in [-0.15, -0.1) is 6.58 Å². The van der Waals surface area contributed by atoms with E-state index in [4.69, 9.17) is 19.4 Å². The van der Waals surface area contributed by atoms with E-state index in [0.717, 1.165) is 42.3 Å². The molecule has 1 aromatic heterocycles. The average molecular weight is 611 g/mol. The number of methoxy groups -OCH3 is 1. The molecule has 1 aliphatic rings. The number of rotatable bonds is 10. The van der Waals surface area contributed by atoms with E-state index in [1.54, 1.807) is 31.7 Å². The fraction of sp³-hybridized carbons (Fsp3) is 0.394. The number of ether oxygens (including phenoxy) is 2. The zero-order valence-corrected chi connectivity index (χ0v) is 27.5. The van der Waals surface area contributed by atoms with Crippen molar-refractivity contribution < 1.29 is 24.2 Å². The number of fused-ring (bicyclic) bond motifs is 1. The van der Waals surface area contributed by atoms with Gasteiger partial charge in [0, 0.05) is 58.1 Å². The number of aliphatic hydroxyl groups excluding tert-OH is 1. The lowest BCUT2D eigenvalue weighted by Gasteiger charge is -2.29. The summed E-state index contributed by atoms with van der Waals surface area (Å²) >= 11 is 0. The van der Waals surface area contributed by atoms with Gasteiger partial charge >= 0.3 is 0 Å². The Kier molecular flexibility index (Phi) is 23.7. The Morgan fingerprint density at radius 3 is 2.48 bits per heavy atom. The number of carbonyl (C=O) groups excluding carboxylic acids is 2. The molecular weight excluding hydrogens is 560 g/mol. The molecular formula is C33H50N6O5. The normalized spacial score (nSPS) is 13.5. The maximum absolute atomic E-state index is 10.4. The molecule has 0 amide bonds. The smallest absolute Gasteiger partial charge is 0.237 e. The van der Waals surface area contributed by atoms with E-state index >= 15 is 0 Å². The summed E-state index contributed by atoms with van der Waals surface area (Å²) in [4.78, 5) is 38.0. The summed E-state index contributed by atoms with van der Waals surface area (Å²) in [6, 6.07) is 0. The molecule has 0 radical (unpaired) electrons. The number of aliphatic hydroxyl groups is 1. The van der Waals surface area contributed by atoms with Gasteiger partial charge in [-0.2, -0.15) is 0 Å². The maximum atomic E-state index is 10.4. The molecule has 0 fully saturated rings. The predicted octanol–water partition coefficient (Wildman–Crippen LogP) is 4.92. The van der Waals surface area contributed by atoms with Crippen LogP contribution in [0.4, 0.5) is 5.69 Å². The number of likely N-dealkylation sites (N-methyl/N-ethyl adjacent to an activating group) is 1. The Hall–Kier alpha value is -4.48. The van der Waals surface area contributed by atoms with Gasteiger partial charge in [-0.1, -0.05) is 24.8 Å². The van der Waals surface area contributed by atoms with E-state index in [-0.39, 0.29) is 12.0 Å². The molecule has 0 unspecified atom stereocenters. The molecule has 11 nitrogen and oxygen atoms in total. The van der Waals surface area contributed by atoms with E-state index in [9.17, 15) is 4.79 Å². The lowest BCUT2D eigenvalue weighted by Crippen LogP contribution is -2.30. The molecule has 0 bridgehead atoms. The summed E-state index contributed by atoms with van der Waals surface area (Å²) < 4.78 is 10.7. The summed E-state index contributed by atoms with van der Waals surface area (Å²) in [5, 5.41) is 10.1. The summed E-state index contributed by atoms with van der Waals surface area (Å²) in [6.07, 6.45) is 16.8. The van der Waals surface area contributed by atoms with Crippen LogP contribution in [0.2, 0.25) is 0 Å². The Morgan fingerprint density at radius 2 is 1.93 bits per heavy atom. The number of hydrogen-bond acceptors (Lipinski definition) is 9. The van der Waals surface area contributed by atoms with Crippen molar-refractivity contribution in [2.24, 2.45) is 15.0 Å². The number of carbonyl (C=O) groups is 2. The highest BCUT2D eigenvalue weighted by molar-refractivity contribution is 5.97. The van der Waals surface area contributed by atoms with Gasteiger partial charge in [-0.25, -0.2) is 15.0 Å². The summed E-state index contributed by atoms with van der Waals surface area (Å²) in [5.74, 6) is 1.03. The van der Waals surface area contributed by atoms with Crippen LogP contribution < -0.4 is 15.0 Å². The fourth-order valence-corrected chi connectivity index (χ4v) is 3.17. The molecule has 0 saturated carbocycles. The summed E-state index contributed by atoms with van der Waals surface area (Å²) in [7, 11) is 4.75. The first-order valence-corrected chi connectivity index (χ1v) is 13.8. The minimum absolute atomic E-state index is 0.0417. The molecule has 0 spiro atoms. The van der Waals surface area contributed by atoms with Gasteiger partial charge in [0.25, 0.3) is 0 Å². The van der Waals surface area contributed by atoms with Crippen LogP contribution in [0.25, 0.3) is 5.57 Å². The largest absolute Gasteiger partial charge is 0.474 e. The number of pyridine rings is 1. The minimum atomic E-state index is 0.0417. The van der Waals surface area contributed by atoms with Crippen molar-refractivity contribution in [3.8, 4) is 5.88 Å². The van der Waals surface area contributed by atoms with Crippen LogP contribution in [0.3, 0.4) is 0 Å². The lowest BCUT2D eigenvalue weighted by molar-refractivity contribution is -0.106. The van der Waals surface area contributed by atoms with Crippen LogP contribution >= 0.6 is 0 Å². The van der Waals surface area contributed by atoms with Crippen molar-refractivity contribution >= 4 is 42.7 Å². The van der Waals surface area contributed by atoms with Gasteiger partial charge in [0.2, 0.25) is 11.8 Å². The second-order valence-electron chi connectivity index (χ2n) is 9.54. The van der Waals surface area contributed by atoms with Crippen molar-refractivity contribution in [1.29, 1.82) is 0 Å². The van der Waals surface area contributed by atoms with Crippen molar-refractivity contribution in [2.45, 2.75) is 46.6 Å². The second-order valence-corrected chi connectivity index (χ2v) is 9.54. The van der Waals surface area contributed by atoms with Crippen LogP contribution in [0.15, 0.2) is 76.6 Å². The van der Waals surface area contributed by atoms with Crippen molar-refractivity contribution in [1.82, 2.24) is 10.3 Å². The SMILES string of the molecule is C=CCN=C(/N=C/C=C(\C=C/C)c1cnc2c(c1C)N(C)CCO2)N/C(C=C)=C/N=CCC=O.C=O.CO.COC(C)(C)C.